The van der Waals surface area contributed by atoms with Gasteiger partial charge in [0.1, 0.15) is 0 Å². The van der Waals surface area contributed by atoms with Crippen LogP contribution in [0.5, 0.6) is 0 Å². The third-order valence-corrected chi connectivity index (χ3v) is 4.65. The number of carbonyl (C=O) groups excluding carboxylic acids is 1. The van der Waals surface area contributed by atoms with E-state index in [1.165, 1.54) is 5.56 Å². The minimum Gasteiger partial charge on any atom is -0.421 e. The second-order valence-electron chi connectivity index (χ2n) is 6.73. The molecular weight excluding hydrogens is 348 g/mol. The number of hydrogen-bond acceptors (Lipinski definition) is 4. The molecule has 3 aromatic carbocycles. The first-order valence-electron chi connectivity index (χ1n) is 9.27. The zero-order valence-electron chi connectivity index (χ0n) is 15.6. The number of carbonyl (C=O) groups is 1. The zero-order chi connectivity index (χ0) is 19.3. The number of aryl methyl sites for hydroxylation is 2. The maximum atomic E-state index is 12.5. The Balaban J connectivity index is 1.39. The molecule has 1 aromatic heterocycles. The Morgan fingerprint density at radius 1 is 0.786 bits per heavy atom. The van der Waals surface area contributed by atoms with Gasteiger partial charge in [0, 0.05) is 24.0 Å². The van der Waals surface area contributed by atoms with E-state index >= 15 is 0 Å². The standard InChI is InChI=1S/C24H20N2O2/c1-17-7-9-21(10-8-17)24-26-25-23(28-24)16-15-22(27)20-13-11-19(12-14-20)18-5-3-2-4-6-18/h2-14H,15-16H2,1H3. The summed E-state index contributed by atoms with van der Waals surface area (Å²) in [6.45, 7) is 2.03. The molecule has 0 unspecified atom stereocenters. The minimum atomic E-state index is 0.0645. The summed E-state index contributed by atoms with van der Waals surface area (Å²) in [5, 5.41) is 8.15. The van der Waals surface area contributed by atoms with E-state index in [1.807, 2.05) is 73.7 Å². The Kier molecular flexibility index (Phi) is 5.11. The summed E-state index contributed by atoms with van der Waals surface area (Å²) in [7, 11) is 0. The highest BCUT2D eigenvalue weighted by molar-refractivity contribution is 5.96. The second kappa shape index (κ2) is 8.01. The molecule has 138 valence electrons. The van der Waals surface area contributed by atoms with E-state index in [-0.39, 0.29) is 5.78 Å². The van der Waals surface area contributed by atoms with Gasteiger partial charge < -0.3 is 4.42 Å². The van der Waals surface area contributed by atoms with Crippen molar-refractivity contribution in [1.29, 1.82) is 0 Å². The van der Waals surface area contributed by atoms with Gasteiger partial charge in [-0.2, -0.15) is 0 Å². The van der Waals surface area contributed by atoms with Crippen LogP contribution in [0.2, 0.25) is 0 Å². The molecule has 0 fully saturated rings. The highest BCUT2D eigenvalue weighted by Gasteiger charge is 2.12. The minimum absolute atomic E-state index is 0.0645. The van der Waals surface area contributed by atoms with E-state index in [2.05, 4.69) is 22.3 Å². The van der Waals surface area contributed by atoms with Gasteiger partial charge in [-0.05, 0) is 30.2 Å². The van der Waals surface area contributed by atoms with Gasteiger partial charge in [-0.1, -0.05) is 72.3 Å². The van der Waals surface area contributed by atoms with Crippen LogP contribution in [-0.4, -0.2) is 16.0 Å². The van der Waals surface area contributed by atoms with Crippen LogP contribution in [0, 0.1) is 6.92 Å². The molecule has 1 heterocycles. The van der Waals surface area contributed by atoms with Crippen molar-refractivity contribution >= 4 is 5.78 Å². The summed E-state index contributed by atoms with van der Waals surface area (Å²) in [5.74, 6) is 1.02. The number of rotatable bonds is 6. The number of hydrogen-bond donors (Lipinski definition) is 0. The van der Waals surface area contributed by atoms with Crippen molar-refractivity contribution in [2.45, 2.75) is 19.8 Å². The number of nitrogens with zero attached hydrogens (tertiary/aromatic N) is 2. The van der Waals surface area contributed by atoms with Gasteiger partial charge in [0.2, 0.25) is 11.8 Å². The van der Waals surface area contributed by atoms with Crippen LogP contribution in [-0.2, 0) is 6.42 Å². The third-order valence-electron chi connectivity index (χ3n) is 4.65. The Hall–Kier alpha value is -3.53. The maximum Gasteiger partial charge on any atom is 0.247 e. The van der Waals surface area contributed by atoms with E-state index in [9.17, 15) is 4.79 Å². The molecule has 4 rings (SSSR count). The van der Waals surface area contributed by atoms with Gasteiger partial charge >= 0.3 is 0 Å². The molecule has 4 aromatic rings. The molecule has 0 saturated heterocycles. The molecule has 0 aliphatic heterocycles. The zero-order valence-corrected chi connectivity index (χ0v) is 15.6. The number of aromatic nitrogens is 2. The van der Waals surface area contributed by atoms with E-state index in [0.29, 0.717) is 30.2 Å². The summed E-state index contributed by atoms with van der Waals surface area (Å²) >= 11 is 0. The average molecular weight is 368 g/mol. The van der Waals surface area contributed by atoms with Crippen molar-refractivity contribution < 1.29 is 9.21 Å². The van der Waals surface area contributed by atoms with Crippen LogP contribution in [0.3, 0.4) is 0 Å². The van der Waals surface area contributed by atoms with Gasteiger partial charge in [-0.25, -0.2) is 0 Å². The smallest absolute Gasteiger partial charge is 0.247 e. The molecule has 4 heteroatoms. The Morgan fingerprint density at radius 2 is 1.43 bits per heavy atom. The van der Waals surface area contributed by atoms with Crippen LogP contribution in [0.1, 0.15) is 28.2 Å². The summed E-state index contributed by atoms with van der Waals surface area (Å²) in [6, 6.07) is 25.7. The topological polar surface area (TPSA) is 56.0 Å². The normalized spacial score (nSPS) is 10.8. The fraction of sp³-hybridized carbons (Fsp3) is 0.125. The predicted octanol–water partition coefficient (Wildman–Crippen LogP) is 5.53. The molecule has 0 spiro atoms. The van der Waals surface area contributed by atoms with Gasteiger partial charge in [-0.3, -0.25) is 4.79 Å². The first-order valence-corrected chi connectivity index (χ1v) is 9.27. The van der Waals surface area contributed by atoms with Crippen LogP contribution in [0.15, 0.2) is 83.3 Å². The summed E-state index contributed by atoms with van der Waals surface area (Å²) in [5.41, 5.74) is 4.98. The second-order valence-corrected chi connectivity index (χ2v) is 6.73. The molecule has 4 nitrogen and oxygen atoms in total. The van der Waals surface area contributed by atoms with Crippen LogP contribution < -0.4 is 0 Å². The highest BCUT2D eigenvalue weighted by Crippen LogP contribution is 2.21. The molecular formula is C24H20N2O2. The summed E-state index contributed by atoms with van der Waals surface area (Å²) < 4.78 is 5.70. The fourth-order valence-corrected chi connectivity index (χ4v) is 3.01. The van der Waals surface area contributed by atoms with E-state index in [0.717, 1.165) is 16.7 Å². The number of benzene rings is 3. The van der Waals surface area contributed by atoms with Crippen LogP contribution >= 0.6 is 0 Å². The van der Waals surface area contributed by atoms with Crippen molar-refractivity contribution in [2.75, 3.05) is 0 Å². The van der Waals surface area contributed by atoms with E-state index < -0.39 is 0 Å². The van der Waals surface area contributed by atoms with Crippen molar-refractivity contribution in [3.05, 3.63) is 95.9 Å². The number of ketones is 1. The van der Waals surface area contributed by atoms with Crippen LogP contribution in [0.4, 0.5) is 0 Å². The van der Waals surface area contributed by atoms with E-state index in [1.54, 1.807) is 0 Å². The van der Waals surface area contributed by atoms with Gasteiger partial charge in [0.15, 0.2) is 5.78 Å². The monoisotopic (exact) mass is 368 g/mol. The lowest BCUT2D eigenvalue weighted by Gasteiger charge is -2.03. The Bertz CT molecular complexity index is 1070. The summed E-state index contributed by atoms with van der Waals surface area (Å²) in [4.78, 5) is 12.5. The quantitative estimate of drug-likeness (QED) is 0.420. The first-order chi connectivity index (χ1) is 13.7. The Labute approximate surface area is 163 Å². The average Bonchev–Trinajstić information content (AvgIpc) is 3.22. The van der Waals surface area contributed by atoms with Crippen molar-refractivity contribution in [2.24, 2.45) is 0 Å². The molecule has 0 amide bonds. The lowest BCUT2D eigenvalue weighted by molar-refractivity contribution is 0.0980. The molecule has 0 bridgehead atoms. The molecule has 0 N–H and O–H groups in total. The summed E-state index contributed by atoms with van der Waals surface area (Å²) in [6.07, 6.45) is 0.762. The maximum absolute atomic E-state index is 12.5. The van der Waals surface area contributed by atoms with Crippen molar-refractivity contribution in [3.8, 4) is 22.6 Å². The first kappa shape index (κ1) is 17.9. The van der Waals surface area contributed by atoms with Gasteiger partial charge in [0.25, 0.3) is 0 Å². The lowest BCUT2D eigenvalue weighted by atomic mass is 10.0. The number of Topliss-reactive ketones (excluding diaryl/α,β-unsaturated/α-hetero) is 1. The van der Waals surface area contributed by atoms with Gasteiger partial charge in [-0.15, -0.1) is 10.2 Å². The molecule has 0 saturated carbocycles. The third kappa shape index (κ3) is 4.07. The predicted molar refractivity (Wildman–Crippen MR) is 109 cm³/mol. The van der Waals surface area contributed by atoms with Crippen molar-refractivity contribution in [3.63, 3.8) is 0 Å². The fourth-order valence-electron chi connectivity index (χ4n) is 3.01. The molecule has 0 aliphatic rings. The Morgan fingerprint density at radius 3 is 2.14 bits per heavy atom. The van der Waals surface area contributed by atoms with Crippen molar-refractivity contribution in [1.82, 2.24) is 10.2 Å². The van der Waals surface area contributed by atoms with Gasteiger partial charge in [0.05, 0.1) is 0 Å². The highest BCUT2D eigenvalue weighted by atomic mass is 16.4. The lowest BCUT2D eigenvalue weighted by Crippen LogP contribution is -2.01. The van der Waals surface area contributed by atoms with Crippen LogP contribution in [0.25, 0.3) is 22.6 Å². The SMILES string of the molecule is Cc1ccc(-c2nnc(CCC(=O)c3ccc(-c4ccccc4)cc3)o2)cc1. The molecule has 0 aliphatic carbocycles. The molecule has 28 heavy (non-hydrogen) atoms. The van der Waals surface area contributed by atoms with E-state index in [4.69, 9.17) is 4.42 Å². The molecule has 0 atom stereocenters. The largest absolute Gasteiger partial charge is 0.421 e. The molecule has 0 radical (unpaired) electrons.